The second-order valence-corrected chi connectivity index (χ2v) is 8.27. The third-order valence-corrected chi connectivity index (χ3v) is 6.10. The number of methoxy groups -OCH3 is 2. The van der Waals surface area contributed by atoms with E-state index in [-0.39, 0.29) is 5.91 Å². The molecule has 1 aliphatic heterocycles. The summed E-state index contributed by atoms with van der Waals surface area (Å²) < 4.78 is 48.8. The number of benzene rings is 1. The Labute approximate surface area is 197 Å². The van der Waals surface area contributed by atoms with E-state index in [9.17, 15) is 18.0 Å². The minimum absolute atomic E-state index is 0.203. The highest BCUT2D eigenvalue weighted by atomic mass is 32.1. The van der Waals surface area contributed by atoms with Crippen LogP contribution in [0.15, 0.2) is 41.9 Å². The monoisotopic (exact) mass is 493 g/mol. The number of carbonyl (C=O) groups excluding carboxylic acids is 1. The zero-order chi connectivity index (χ0) is 24.3. The summed E-state index contributed by atoms with van der Waals surface area (Å²) in [5, 5.41) is 5.38. The average Bonchev–Trinajstić information content (AvgIpc) is 3.32. The topological polar surface area (TPSA) is 79.8 Å². The summed E-state index contributed by atoms with van der Waals surface area (Å²) in [7, 11) is 3.12. The molecule has 0 bridgehead atoms. The first-order valence-electron chi connectivity index (χ1n) is 10.3. The van der Waals surface area contributed by atoms with Crippen molar-refractivity contribution in [2.24, 2.45) is 0 Å². The zero-order valence-electron chi connectivity index (χ0n) is 18.4. The quantitative estimate of drug-likeness (QED) is 0.549. The van der Waals surface area contributed by atoms with Crippen molar-refractivity contribution in [3.63, 3.8) is 0 Å². The van der Waals surface area contributed by atoms with Gasteiger partial charge in [-0.1, -0.05) is 0 Å². The van der Waals surface area contributed by atoms with E-state index in [4.69, 9.17) is 9.47 Å². The van der Waals surface area contributed by atoms with Crippen LogP contribution in [0, 0.1) is 0 Å². The predicted octanol–water partition coefficient (Wildman–Crippen LogP) is 4.28. The van der Waals surface area contributed by atoms with E-state index in [0.717, 1.165) is 12.3 Å². The van der Waals surface area contributed by atoms with Crippen LogP contribution in [0.2, 0.25) is 0 Å². The number of hydrogen-bond acceptors (Lipinski definition) is 8. The number of piperazine rings is 1. The van der Waals surface area contributed by atoms with Crippen LogP contribution >= 0.6 is 11.3 Å². The molecule has 2 aromatic heterocycles. The third kappa shape index (κ3) is 5.16. The number of halogens is 3. The number of rotatable bonds is 6. The number of aromatic nitrogens is 2. The number of alkyl halides is 3. The molecule has 0 unspecified atom stereocenters. The molecule has 12 heteroatoms. The Morgan fingerprint density at radius 2 is 1.85 bits per heavy atom. The first kappa shape index (κ1) is 23.6. The maximum atomic E-state index is 12.9. The Morgan fingerprint density at radius 3 is 2.47 bits per heavy atom. The van der Waals surface area contributed by atoms with Gasteiger partial charge in [-0.15, -0.1) is 11.3 Å². The van der Waals surface area contributed by atoms with Crippen LogP contribution in [0.4, 0.5) is 29.8 Å². The summed E-state index contributed by atoms with van der Waals surface area (Å²) in [6.45, 7) is 1.74. The molecule has 3 heterocycles. The van der Waals surface area contributed by atoms with E-state index < -0.39 is 11.7 Å². The zero-order valence-corrected chi connectivity index (χ0v) is 19.2. The fraction of sp³-hybridized carbons (Fsp3) is 0.318. The Balaban J connectivity index is 1.36. The number of amides is 1. The van der Waals surface area contributed by atoms with Crippen LogP contribution in [0.1, 0.15) is 16.1 Å². The minimum atomic E-state index is -4.42. The van der Waals surface area contributed by atoms with Crippen LogP contribution in [0.3, 0.4) is 0 Å². The van der Waals surface area contributed by atoms with Gasteiger partial charge in [0.2, 0.25) is 0 Å². The fourth-order valence-corrected chi connectivity index (χ4v) is 4.18. The van der Waals surface area contributed by atoms with Crippen molar-refractivity contribution in [2.45, 2.75) is 6.18 Å². The summed E-state index contributed by atoms with van der Waals surface area (Å²) in [6.07, 6.45) is -3.59. The van der Waals surface area contributed by atoms with Gasteiger partial charge in [0.1, 0.15) is 23.0 Å². The SMILES string of the molecule is COc1ccc(Nc2nc(C(=O)N3CCN(c4ccc(C(F)(F)F)cn4)CC3)cs2)c(OC)c1. The summed E-state index contributed by atoms with van der Waals surface area (Å²) in [4.78, 5) is 24.8. The Kier molecular flexibility index (Phi) is 6.77. The molecular formula is C22H22F3N5O3S. The highest BCUT2D eigenvalue weighted by Crippen LogP contribution is 2.33. The van der Waals surface area contributed by atoms with Gasteiger partial charge in [0.25, 0.3) is 5.91 Å². The Morgan fingerprint density at radius 1 is 1.09 bits per heavy atom. The highest BCUT2D eigenvalue weighted by molar-refractivity contribution is 7.14. The third-order valence-electron chi connectivity index (χ3n) is 5.34. The summed E-state index contributed by atoms with van der Waals surface area (Å²) >= 11 is 1.30. The second-order valence-electron chi connectivity index (χ2n) is 7.41. The van der Waals surface area contributed by atoms with E-state index >= 15 is 0 Å². The molecule has 3 aromatic rings. The van der Waals surface area contributed by atoms with Gasteiger partial charge >= 0.3 is 6.18 Å². The largest absolute Gasteiger partial charge is 0.497 e. The smallest absolute Gasteiger partial charge is 0.417 e. The molecule has 1 saturated heterocycles. The number of ether oxygens (including phenoxy) is 2. The first-order chi connectivity index (χ1) is 16.3. The molecule has 1 amide bonds. The summed E-state index contributed by atoms with van der Waals surface area (Å²) in [5.41, 5.74) is 0.223. The van der Waals surface area contributed by atoms with Crippen molar-refractivity contribution in [3.8, 4) is 11.5 Å². The number of hydrogen-bond donors (Lipinski definition) is 1. The molecule has 1 aliphatic rings. The predicted molar refractivity (Wildman–Crippen MR) is 122 cm³/mol. The number of nitrogens with one attached hydrogen (secondary N) is 1. The van der Waals surface area contributed by atoms with Crippen molar-refractivity contribution < 1.29 is 27.4 Å². The van der Waals surface area contributed by atoms with Crippen LogP contribution in [0.25, 0.3) is 0 Å². The normalized spacial score (nSPS) is 14.1. The van der Waals surface area contributed by atoms with E-state index in [1.54, 1.807) is 42.7 Å². The molecule has 1 fully saturated rings. The van der Waals surface area contributed by atoms with Gasteiger partial charge in [-0.3, -0.25) is 4.79 Å². The fourth-order valence-electron chi connectivity index (χ4n) is 3.49. The van der Waals surface area contributed by atoms with Gasteiger partial charge in [-0.2, -0.15) is 13.2 Å². The lowest BCUT2D eigenvalue weighted by molar-refractivity contribution is -0.137. The summed E-state index contributed by atoms with van der Waals surface area (Å²) in [5.74, 6) is 1.48. The molecule has 1 aromatic carbocycles. The van der Waals surface area contributed by atoms with Crippen molar-refractivity contribution >= 4 is 33.9 Å². The van der Waals surface area contributed by atoms with E-state index in [0.29, 0.717) is 60.0 Å². The second kappa shape index (κ2) is 9.75. The van der Waals surface area contributed by atoms with Gasteiger partial charge < -0.3 is 24.6 Å². The molecule has 4 rings (SSSR count). The van der Waals surface area contributed by atoms with Gasteiger partial charge in [-0.05, 0) is 24.3 Å². The Bertz CT molecular complexity index is 1150. The molecule has 0 radical (unpaired) electrons. The van der Waals surface area contributed by atoms with Crippen molar-refractivity contribution in [2.75, 3.05) is 50.6 Å². The van der Waals surface area contributed by atoms with Crippen LogP contribution < -0.4 is 19.7 Å². The standard InChI is InChI=1S/C22H22F3N5O3S/c1-32-15-4-5-16(18(11-15)33-2)27-21-28-17(13-34-21)20(31)30-9-7-29(8-10-30)19-6-3-14(12-26-19)22(23,24)25/h3-6,11-13H,7-10H2,1-2H3,(H,27,28). The number of carbonyl (C=O) groups is 1. The minimum Gasteiger partial charge on any atom is -0.497 e. The van der Waals surface area contributed by atoms with Crippen LogP contribution in [-0.4, -0.2) is 61.2 Å². The molecule has 8 nitrogen and oxygen atoms in total. The van der Waals surface area contributed by atoms with Crippen molar-refractivity contribution in [1.82, 2.24) is 14.9 Å². The number of pyridine rings is 1. The summed E-state index contributed by atoms with van der Waals surface area (Å²) in [6, 6.07) is 7.70. The highest BCUT2D eigenvalue weighted by Gasteiger charge is 2.31. The molecule has 0 aliphatic carbocycles. The lowest BCUT2D eigenvalue weighted by atomic mass is 10.2. The maximum absolute atomic E-state index is 12.9. The number of anilines is 3. The van der Waals surface area contributed by atoms with Crippen LogP contribution in [0.5, 0.6) is 11.5 Å². The molecule has 34 heavy (non-hydrogen) atoms. The molecule has 0 spiro atoms. The van der Waals surface area contributed by atoms with Crippen LogP contribution in [-0.2, 0) is 6.18 Å². The van der Waals surface area contributed by atoms with E-state index in [1.807, 2.05) is 4.90 Å². The molecule has 0 saturated carbocycles. The van der Waals surface area contributed by atoms with Gasteiger partial charge in [0.05, 0.1) is 25.5 Å². The number of nitrogens with zero attached hydrogens (tertiary/aromatic N) is 4. The molecular weight excluding hydrogens is 471 g/mol. The molecule has 1 N–H and O–H groups in total. The van der Waals surface area contributed by atoms with E-state index in [2.05, 4.69) is 15.3 Å². The van der Waals surface area contributed by atoms with E-state index in [1.165, 1.54) is 17.4 Å². The van der Waals surface area contributed by atoms with Gasteiger partial charge in [-0.25, -0.2) is 9.97 Å². The van der Waals surface area contributed by atoms with Gasteiger partial charge in [0, 0.05) is 43.8 Å². The van der Waals surface area contributed by atoms with Crippen molar-refractivity contribution in [1.29, 1.82) is 0 Å². The lowest BCUT2D eigenvalue weighted by Gasteiger charge is -2.35. The first-order valence-corrected chi connectivity index (χ1v) is 11.2. The Hall–Kier alpha value is -3.54. The lowest BCUT2D eigenvalue weighted by Crippen LogP contribution is -2.49. The van der Waals surface area contributed by atoms with Gasteiger partial charge in [0.15, 0.2) is 5.13 Å². The van der Waals surface area contributed by atoms with Crippen molar-refractivity contribution in [3.05, 3.63) is 53.2 Å². The maximum Gasteiger partial charge on any atom is 0.417 e. The molecule has 0 atom stereocenters. The number of thiazole rings is 1. The molecule has 180 valence electrons. The average molecular weight is 494 g/mol.